The van der Waals surface area contributed by atoms with E-state index in [-0.39, 0.29) is 12.0 Å². The summed E-state index contributed by atoms with van der Waals surface area (Å²) in [5.41, 5.74) is 7.56. The molecule has 1 heterocycles. The van der Waals surface area contributed by atoms with E-state index in [1.54, 1.807) is 29.1 Å². The Balaban J connectivity index is 1.99. The van der Waals surface area contributed by atoms with Gasteiger partial charge in [-0.1, -0.05) is 0 Å². The smallest absolute Gasteiger partial charge is 0.271 e. The maximum absolute atomic E-state index is 12.0. The van der Waals surface area contributed by atoms with Gasteiger partial charge in [0.1, 0.15) is 0 Å². The summed E-state index contributed by atoms with van der Waals surface area (Å²) in [6, 6.07) is 8.96. The van der Waals surface area contributed by atoms with Gasteiger partial charge in [0.25, 0.3) is 5.91 Å². The van der Waals surface area contributed by atoms with E-state index in [2.05, 4.69) is 10.4 Å². The number of benzene rings is 1. The lowest BCUT2D eigenvalue weighted by Crippen LogP contribution is -2.32. The third-order valence-electron chi connectivity index (χ3n) is 2.98. The molecule has 6 heteroatoms. The van der Waals surface area contributed by atoms with Crippen LogP contribution in [0.2, 0.25) is 0 Å². The molecule has 0 fully saturated rings. The van der Waals surface area contributed by atoms with Crippen molar-refractivity contribution in [2.75, 3.05) is 18.9 Å². The number of aromatic nitrogens is 2. The maximum atomic E-state index is 12.0. The first-order chi connectivity index (χ1) is 10.1. The second-order valence-electron chi connectivity index (χ2n) is 4.71. The van der Waals surface area contributed by atoms with Crippen LogP contribution in [0, 0.1) is 0 Å². The summed E-state index contributed by atoms with van der Waals surface area (Å²) < 4.78 is 7.00. The lowest BCUT2D eigenvalue weighted by atomic mass is 10.3. The van der Waals surface area contributed by atoms with Crippen molar-refractivity contribution in [3.05, 3.63) is 42.2 Å². The Hall–Kier alpha value is -2.34. The number of hydrogen-bond donors (Lipinski definition) is 2. The van der Waals surface area contributed by atoms with Crippen LogP contribution in [-0.2, 0) is 4.74 Å². The zero-order chi connectivity index (χ0) is 15.2. The Morgan fingerprint density at radius 3 is 2.76 bits per heavy atom. The summed E-state index contributed by atoms with van der Waals surface area (Å²) in [6.45, 7) is 4.92. The lowest BCUT2D eigenvalue weighted by molar-refractivity contribution is 0.0693. The molecule has 2 aromatic rings. The first-order valence-corrected chi connectivity index (χ1v) is 6.91. The molecule has 0 saturated heterocycles. The summed E-state index contributed by atoms with van der Waals surface area (Å²) in [5, 5.41) is 7.05. The second kappa shape index (κ2) is 6.90. The minimum Gasteiger partial charge on any atom is -0.399 e. The van der Waals surface area contributed by atoms with E-state index < -0.39 is 0 Å². The van der Waals surface area contributed by atoms with Gasteiger partial charge in [0.05, 0.1) is 11.8 Å². The lowest BCUT2D eigenvalue weighted by Gasteiger charge is -2.11. The molecular formula is C15H20N4O2. The molecule has 3 N–H and O–H groups in total. The fourth-order valence-corrected chi connectivity index (χ4v) is 1.89. The van der Waals surface area contributed by atoms with E-state index in [9.17, 15) is 4.79 Å². The predicted octanol–water partition coefficient (Wildman–Crippen LogP) is 1.61. The molecule has 112 valence electrons. The van der Waals surface area contributed by atoms with Crippen LogP contribution >= 0.6 is 0 Å². The van der Waals surface area contributed by atoms with Crippen molar-refractivity contribution in [1.82, 2.24) is 15.1 Å². The third-order valence-corrected chi connectivity index (χ3v) is 2.98. The highest BCUT2D eigenvalue weighted by Crippen LogP contribution is 2.10. The van der Waals surface area contributed by atoms with Crippen molar-refractivity contribution in [1.29, 1.82) is 0 Å². The minimum atomic E-state index is -0.212. The fraction of sp³-hybridized carbons (Fsp3) is 0.333. The van der Waals surface area contributed by atoms with Gasteiger partial charge in [-0.15, -0.1) is 0 Å². The van der Waals surface area contributed by atoms with Gasteiger partial charge in [0.2, 0.25) is 0 Å². The highest BCUT2D eigenvalue weighted by Gasteiger charge is 2.11. The molecule has 0 aliphatic rings. The Labute approximate surface area is 123 Å². The molecule has 0 bridgehead atoms. The predicted molar refractivity (Wildman–Crippen MR) is 81.4 cm³/mol. The van der Waals surface area contributed by atoms with E-state index in [4.69, 9.17) is 10.5 Å². The molecule has 1 aromatic heterocycles. The largest absolute Gasteiger partial charge is 0.399 e. The van der Waals surface area contributed by atoms with Crippen molar-refractivity contribution in [3.8, 4) is 5.69 Å². The molecule has 6 nitrogen and oxygen atoms in total. The number of carbonyl (C=O) groups is 1. The van der Waals surface area contributed by atoms with Gasteiger partial charge in [0.15, 0.2) is 5.69 Å². The Bertz CT molecular complexity index is 592. The number of anilines is 1. The number of nitrogen functional groups attached to an aromatic ring is 1. The van der Waals surface area contributed by atoms with Gasteiger partial charge < -0.3 is 15.8 Å². The molecule has 2 rings (SSSR count). The monoisotopic (exact) mass is 288 g/mol. The Morgan fingerprint density at radius 1 is 1.38 bits per heavy atom. The summed E-state index contributed by atoms with van der Waals surface area (Å²) in [5.74, 6) is -0.212. The summed E-state index contributed by atoms with van der Waals surface area (Å²) in [4.78, 5) is 12.0. The topological polar surface area (TPSA) is 82.2 Å². The van der Waals surface area contributed by atoms with Gasteiger partial charge in [0, 0.05) is 25.0 Å². The molecule has 21 heavy (non-hydrogen) atoms. The van der Waals surface area contributed by atoms with Crippen LogP contribution in [-0.4, -0.2) is 34.9 Å². The van der Waals surface area contributed by atoms with Crippen LogP contribution in [0.3, 0.4) is 0 Å². The molecule has 1 atom stereocenters. The molecule has 1 aromatic carbocycles. The molecule has 0 radical (unpaired) electrons. The standard InChI is InChI=1S/C15H20N4O2/c1-3-21-11(2)10-17-15(20)14-8-9-19(18-14)13-6-4-12(16)5-7-13/h4-9,11H,3,10,16H2,1-2H3,(H,17,20). The van der Waals surface area contributed by atoms with Crippen LogP contribution in [0.15, 0.2) is 36.5 Å². The average Bonchev–Trinajstić information content (AvgIpc) is 2.96. The van der Waals surface area contributed by atoms with Gasteiger partial charge in [-0.3, -0.25) is 4.79 Å². The number of nitrogens with one attached hydrogen (secondary N) is 1. The van der Waals surface area contributed by atoms with Crippen LogP contribution in [0.25, 0.3) is 5.69 Å². The van der Waals surface area contributed by atoms with Gasteiger partial charge in [-0.2, -0.15) is 5.10 Å². The summed E-state index contributed by atoms with van der Waals surface area (Å²) in [7, 11) is 0. The summed E-state index contributed by atoms with van der Waals surface area (Å²) >= 11 is 0. The van der Waals surface area contributed by atoms with Crippen molar-refractivity contribution in [3.63, 3.8) is 0 Å². The number of amides is 1. The quantitative estimate of drug-likeness (QED) is 0.791. The Morgan fingerprint density at radius 2 is 2.10 bits per heavy atom. The SMILES string of the molecule is CCOC(C)CNC(=O)c1ccn(-c2ccc(N)cc2)n1. The first kappa shape index (κ1) is 15.1. The maximum Gasteiger partial charge on any atom is 0.271 e. The molecule has 0 spiro atoms. The zero-order valence-corrected chi connectivity index (χ0v) is 12.2. The highest BCUT2D eigenvalue weighted by atomic mass is 16.5. The number of ether oxygens (including phenoxy) is 1. The van der Waals surface area contributed by atoms with E-state index >= 15 is 0 Å². The van der Waals surface area contributed by atoms with Crippen molar-refractivity contribution in [2.45, 2.75) is 20.0 Å². The molecule has 1 unspecified atom stereocenters. The third kappa shape index (κ3) is 4.06. The average molecular weight is 288 g/mol. The number of rotatable bonds is 6. The zero-order valence-electron chi connectivity index (χ0n) is 12.2. The van der Waals surface area contributed by atoms with Gasteiger partial charge >= 0.3 is 0 Å². The van der Waals surface area contributed by atoms with Gasteiger partial charge in [-0.25, -0.2) is 4.68 Å². The first-order valence-electron chi connectivity index (χ1n) is 6.91. The second-order valence-corrected chi connectivity index (χ2v) is 4.71. The fourth-order valence-electron chi connectivity index (χ4n) is 1.89. The van der Waals surface area contributed by atoms with Crippen LogP contribution in [0.1, 0.15) is 24.3 Å². The number of carbonyl (C=O) groups excluding carboxylic acids is 1. The summed E-state index contributed by atoms with van der Waals surface area (Å²) in [6.07, 6.45) is 1.73. The normalized spacial score (nSPS) is 12.1. The number of hydrogen-bond acceptors (Lipinski definition) is 4. The highest BCUT2D eigenvalue weighted by molar-refractivity contribution is 5.92. The van der Waals surface area contributed by atoms with Crippen molar-refractivity contribution >= 4 is 11.6 Å². The van der Waals surface area contributed by atoms with Crippen LogP contribution < -0.4 is 11.1 Å². The minimum absolute atomic E-state index is 0.0156. The van der Waals surface area contributed by atoms with E-state index in [0.717, 1.165) is 5.69 Å². The molecule has 0 aliphatic carbocycles. The molecule has 0 saturated carbocycles. The van der Waals surface area contributed by atoms with Crippen LogP contribution in [0.4, 0.5) is 5.69 Å². The molecule has 0 aliphatic heterocycles. The van der Waals surface area contributed by atoms with Gasteiger partial charge in [-0.05, 0) is 44.2 Å². The van der Waals surface area contributed by atoms with E-state index in [1.807, 2.05) is 26.0 Å². The Kier molecular flexibility index (Phi) is 4.94. The molecular weight excluding hydrogens is 268 g/mol. The molecule has 1 amide bonds. The number of nitrogens with zero attached hydrogens (tertiary/aromatic N) is 2. The van der Waals surface area contributed by atoms with Crippen molar-refractivity contribution < 1.29 is 9.53 Å². The van der Waals surface area contributed by atoms with E-state index in [0.29, 0.717) is 24.5 Å². The van der Waals surface area contributed by atoms with Crippen molar-refractivity contribution in [2.24, 2.45) is 0 Å². The van der Waals surface area contributed by atoms with Crippen LogP contribution in [0.5, 0.6) is 0 Å². The number of nitrogens with two attached hydrogens (primary N) is 1. The van der Waals surface area contributed by atoms with E-state index in [1.165, 1.54) is 0 Å².